The molecule has 178 valence electrons. The number of hydrazone groups is 1. The first-order chi connectivity index (χ1) is 17.4. The van der Waals surface area contributed by atoms with Crippen molar-refractivity contribution < 1.29 is 9.90 Å². The average Bonchev–Trinajstić information content (AvgIpc) is 2.89. The van der Waals surface area contributed by atoms with Crippen LogP contribution < -0.4 is 5.01 Å². The van der Waals surface area contributed by atoms with Gasteiger partial charge in [0, 0.05) is 27.1 Å². The van der Waals surface area contributed by atoms with Crippen molar-refractivity contribution in [2.24, 2.45) is 5.10 Å². The van der Waals surface area contributed by atoms with Gasteiger partial charge in [-0.1, -0.05) is 69.3 Å². The number of fused-ring (bicyclic) bond motifs is 2. The van der Waals surface area contributed by atoms with E-state index in [1.165, 1.54) is 6.21 Å². The summed E-state index contributed by atoms with van der Waals surface area (Å²) in [5.41, 5.74) is 1.25. The molecule has 1 N–H and O–H groups in total. The van der Waals surface area contributed by atoms with E-state index in [1.807, 2.05) is 75.4 Å². The molecule has 0 atom stereocenters. The monoisotopic (exact) mass is 476 g/mol. The van der Waals surface area contributed by atoms with Crippen LogP contribution in [-0.2, 0) is 5.41 Å². The first-order valence-corrected chi connectivity index (χ1v) is 11.4. The molecule has 36 heavy (non-hydrogen) atoms. The number of aldehydes is 1. The van der Waals surface area contributed by atoms with E-state index < -0.39 is 0 Å². The third-order valence-corrected chi connectivity index (χ3v) is 5.98. The zero-order valence-electron chi connectivity index (χ0n) is 20.1. The van der Waals surface area contributed by atoms with Gasteiger partial charge in [0.2, 0.25) is 0 Å². The predicted octanol–water partition coefficient (Wildman–Crippen LogP) is 5.56. The quantitative estimate of drug-likeness (QED) is 0.201. The van der Waals surface area contributed by atoms with Crippen molar-refractivity contribution in [2.75, 3.05) is 5.01 Å². The zero-order valence-corrected chi connectivity index (χ0v) is 20.1. The molecule has 3 aromatic carbocycles. The number of benzene rings is 3. The van der Waals surface area contributed by atoms with E-state index in [2.05, 4.69) is 20.4 Å². The summed E-state index contributed by atoms with van der Waals surface area (Å²) >= 11 is 0. The van der Waals surface area contributed by atoms with Crippen LogP contribution in [0.1, 0.15) is 42.3 Å². The highest BCUT2D eigenvalue weighted by atomic mass is 16.3. The fourth-order valence-corrected chi connectivity index (χ4v) is 3.97. The molecule has 2 aromatic heterocycles. The van der Waals surface area contributed by atoms with Gasteiger partial charge in [0.15, 0.2) is 17.9 Å². The molecular weight excluding hydrogens is 452 g/mol. The molecule has 0 unspecified atom stereocenters. The Bertz CT molecular complexity index is 1530. The molecule has 8 nitrogen and oxygen atoms in total. The number of hydrogen-bond acceptors (Lipinski definition) is 8. The maximum absolute atomic E-state index is 11.7. The SMILES string of the molecule is CC(C)(C)c1cc(C=O)c(O)c(C=NN(c2nncc3ccccc23)c2nncc3ccccc23)c1. The number of rotatable bonds is 5. The molecule has 0 aliphatic rings. The first-order valence-electron chi connectivity index (χ1n) is 11.4. The van der Waals surface area contributed by atoms with Crippen LogP contribution in [0.5, 0.6) is 5.75 Å². The number of hydrogen-bond donors (Lipinski definition) is 1. The van der Waals surface area contributed by atoms with Gasteiger partial charge < -0.3 is 5.11 Å². The summed E-state index contributed by atoms with van der Waals surface area (Å²) in [6.45, 7) is 6.12. The van der Waals surface area contributed by atoms with Gasteiger partial charge in [-0.25, -0.2) is 0 Å². The molecule has 0 saturated carbocycles. The summed E-state index contributed by atoms with van der Waals surface area (Å²) in [5.74, 6) is 0.767. The normalized spacial score (nSPS) is 11.9. The van der Waals surface area contributed by atoms with E-state index in [1.54, 1.807) is 23.5 Å². The molecular formula is C28H24N6O2. The lowest BCUT2D eigenvalue weighted by molar-refractivity contribution is 0.112. The van der Waals surface area contributed by atoms with Crippen LogP contribution in [0.25, 0.3) is 21.5 Å². The first kappa shape index (κ1) is 23.0. The van der Waals surface area contributed by atoms with Crippen molar-refractivity contribution in [1.82, 2.24) is 20.4 Å². The van der Waals surface area contributed by atoms with Crippen LogP contribution in [0.4, 0.5) is 11.6 Å². The minimum atomic E-state index is -0.240. The second-order valence-electron chi connectivity index (χ2n) is 9.44. The molecule has 2 heterocycles. The fraction of sp³-hybridized carbons (Fsp3) is 0.143. The number of aromatic nitrogens is 4. The Morgan fingerprint density at radius 2 is 1.36 bits per heavy atom. The molecule has 0 aliphatic carbocycles. The lowest BCUT2D eigenvalue weighted by Gasteiger charge is -2.21. The highest BCUT2D eigenvalue weighted by Crippen LogP contribution is 2.34. The molecule has 5 rings (SSSR count). The van der Waals surface area contributed by atoms with Gasteiger partial charge in [-0.15, -0.1) is 10.2 Å². The van der Waals surface area contributed by atoms with Crippen molar-refractivity contribution in [3.63, 3.8) is 0 Å². The van der Waals surface area contributed by atoms with E-state index in [9.17, 15) is 9.90 Å². The van der Waals surface area contributed by atoms with Gasteiger partial charge in [0.05, 0.1) is 24.2 Å². The number of phenolic OH excluding ortho intramolecular Hbond substituents is 1. The summed E-state index contributed by atoms with van der Waals surface area (Å²) in [4.78, 5) is 11.7. The van der Waals surface area contributed by atoms with Crippen LogP contribution in [0, 0.1) is 0 Å². The van der Waals surface area contributed by atoms with E-state index in [0.29, 0.717) is 23.5 Å². The number of anilines is 2. The largest absolute Gasteiger partial charge is 0.507 e. The Hall–Kier alpha value is -4.72. The van der Waals surface area contributed by atoms with Crippen molar-refractivity contribution in [3.8, 4) is 5.75 Å². The third kappa shape index (κ3) is 4.24. The number of carbonyl (C=O) groups is 1. The summed E-state index contributed by atoms with van der Waals surface area (Å²) in [5, 5.41) is 37.6. The van der Waals surface area contributed by atoms with Crippen molar-refractivity contribution in [2.45, 2.75) is 26.2 Å². The highest BCUT2D eigenvalue weighted by molar-refractivity contribution is 5.99. The van der Waals surface area contributed by atoms with Crippen LogP contribution >= 0.6 is 0 Å². The number of aromatic hydroxyl groups is 1. The molecule has 0 aliphatic heterocycles. The molecule has 0 fully saturated rings. The standard InChI is InChI=1S/C28H24N6O2/c1-28(2,3)22-12-20(25(36)21(13-22)17-35)16-31-34(26-23-10-6-4-8-18(23)14-29-32-26)27-24-11-7-5-9-19(24)15-30-33-27/h4-17,36H,1-3H3. The van der Waals surface area contributed by atoms with E-state index in [0.717, 1.165) is 27.1 Å². The second kappa shape index (κ2) is 9.14. The van der Waals surface area contributed by atoms with Crippen LogP contribution in [-0.4, -0.2) is 38.0 Å². The molecule has 0 bridgehead atoms. The second-order valence-corrected chi connectivity index (χ2v) is 9.44. The molecule has 0 radical (unpaired) electrons. The van der Waals surface area contributed by atoms with Gasteiger partial charge in [-0.3, -0.25) is 4.79 Å². The molecule has 0 amide bonds. The lowest BCUT2D eigenvalue weighted by Crippen LogP contribution is -2.15. The lowest BCUT2D eigenvalue weighted by atomic mass is 9.85. The van der Waals surface area contributed by atoms with E-state index in [4.69, 9.17) is 5.10 Å². The third-order valence-electron chi connectivity index (χ3n) is 5.98. The minimum Gasteiger partial charge on any atom is -0.507 e. The molecule has 0 saturated heterocycles. The van der Waals surface area contributed by atoms with Crippen LogP contribution in [0.15, 0.2) is 78.2 Å². The number of carbonyl (C=O) groups excluding carboxylic acids is 1. The van der Waals surface area contributed by atoms with Gasteiger partial charge in [-0.05, 0) is 23.1 Å². The van der Waals surface area contributed by atoms with Gasteiger partial charge in [-0.2, -0.15) is 20.3 Å². The Balaban J connectivity index is 1.74. The Labute approximate surface area is 207 Å². The Kier molecular flexibility index (Phi) is 5.85. The highest BCUT2D eigenvalue weighted by Gasteiger charge is 2.21. The van der Waals surface area contributed by atoms with Gasteiger partial charge >= 0.3 is 0 Å². The summed E-state index contributed by atoms with van der Waals surface area (Å²) in [7, 11) is 0. The van der Waals surface area contributed by atoms with Crippen molar-refractivity contribution in [3.05, 3.63) is 89.7 Å². The van der Waals surface area contributed by atoms with Gasteiger partial charge in [0.25, 0.3) is 0 Å². The maximum Gasteiger partial charge on any atom is 0.185 e. The van der Waals surface area contributed by atoms with E-state index >= 15 is 0 Å². The average molecular weight is 477 g/mol. The van der Waals surface area contributed by atoms with Gasteiger partial charge in [0.1, 0.15) is 5.75 Å². The fourth-order valence-electron chi connectivity index (χ4n) is 3.97. The van der Waals surface area contributed by atoms with Crippen LogP contribution in [0.3, 0.4) is 0 Å². The molecule has 5 aromatic rings. The minimum absolute atomic E-state index is 0.144. The summed E-state index contributed by atoms with van der Waals surface area (Å²) in [6, 6.07) is 19.0. The Morgan fingerprint density at radius 1 is 0.833 bits per heavy atom. The van der Waals surface area contributed by atoms with Crippen LogP contribution in [0.2, 0.25) is 0 Å². The maximum atomic E-state index is 11.7. The zero-order chi connectivity index (χ0) is 25.3. The summed E-state index contributed by atoms with van der Waals surface area (Å²) < 4.78 is 0. The smallest absolute Gasteiger partial charge is 0.185 e. The topological polar surface area (TPSA) is 104 Å². The van der Waals surface area contributed by atoms with Crippen molar-refractivity contribution in [1.29, 1.82) is 0 Å². The van der Waals surface area contributed by atoms with Crippen molar-refractivity contribution >= 4 is 45.7 Å². The number of nitrogens with zero attached hydrogens (tertiary/aromatic N) is 6. The van der Waals surface area contributed by atoms with E-state index in [-0.39, 0.29) is 16.7 Å². The summed E-state index contributed by atoms with van der Waals surface area (Å²) in [6.07, 6.45) is 5.52. The molecule has 0 spiro atoms. The molecule has 8 heteroatoms. The predicted molar refractivity (Wildman–Crippen MR) is 141 cm³/mol. The Morgan fingerprint density at radius 3 is 1.89 bits per heavy atom. The number of phenols is 1.